The summed E-state index contributed by atoms with van der Waals surface area (Å²) in [6.07, 6.45) is 5.03. The predicted molar refractivity (Wildman–Crippen MR) is 101 cm³/mol. The Balaban J connectivity index is 1.44. The number of rotatable bonds is 3. The van der Waals surface area contributed by atoms with Gasteiger partial charge in [0.2, 0.25) is 0 Å². The molecule has 0 spiro atoms. The zero-order valence-corrected chi connectivity index (χ0v) is 14.7. The van der Waals surface area contributed by atoms with Crippen LogP contribution in [0.3, 0.4) is 0 Å². The number of nitrogens with one attached hydrogen (secondary N) is 1. The van der Waals surface area contributed by atoms with Crippen LogP contribution in [0.2, 0.25) is 0 Å². The molecule has 132 valence electrons. The summed E-state index contributed by atoms with van der Waals surface area (Å²) in [5.41, 5.74) is 1.55. The number of aryl methyl sites for hydroxylation is 1. The lowest BCUT2D eigenvalue weighted by Gasteiger charge is -2.33. The van der Waals surface area contributed by atoms with Crippen LogP contribution >= 0.6 is 0 Å². The average Bonchev–Trinajstić information content (AvgIpc) is 2.70. The van der Waals surface area contributed by atoms with Crippen molar-refractivity contribution in [3.05, 3.63) is 60.0 Å². The van der Waals surface area contributed by atoms with Crippen molar-refractivity contribution in [3.8, 4) is 0 Å². The van der Waals surface area contributed by atoms with E-state index in [1.807, 2.05) is 19.1 Å². The third kappa shape index (κ3) is 3.22. The quantitative estimate of drug-likeness (QED) is 0.789. The first-order valence-corrected chi connectivity index (χ1v) is 8.90. The van der Waals surface area contributed by atoms with E-state index in [0.29, 0.717) is 5.56 Å². The van der Waals surface area contributed by atoms with Gasteiger partial charge in [-0.05, 0) is 31.9 Å². The molecule has 0 unspecified atom stereocenters. The van der Waals surface area contributed by atoms with E-state index in [-0.39, 0.29) is 11.9 Å². The molecule has 2 aromatic heterocycles. The molecular weight excluding hydrogens is 326 g/mol. The van der Waals surface area contributed by atoms with Crippen LogP contribution in [0.15, 0.2) is 48.8 Å². The number of hydrogen-bond donors (Lipinski definition) is 1. The Morgan fingerprint density at radius 1 is 1.08 bits per heavy atom. The van der Waals surface area contributed by atoms with Gasteiger partial charge in [-0.25, -0.2) is 0 Å². The molecule has 3 heterocycles. The first-order valence-electron chi connectivity index (χ1n) is 8.90. The third-order valence-electron chi connectivity index (χ3n) is 4.91. The molecule has 1 N–H and O–H groups in total. The van der Waals surface area contributed by atoms with Gasteiger partial charge in [-0.2, -0.15) is 5.10 Å². The molecule has 0 atom stereocenters. The summed E-state index contributed by atoms with van der Waals surface area (Å²) in [6.45, 7) is 3.68. The summed E-state index contributed by atoms with van der Waals surface area (Å²) in [4.78, 5) is 18.6. The number of aromatic nitrogens is 3. The normalized spacial score (nSPS) is 15.2. The first kappa shape index (κ1) is 16.4. The van der Waals surface area contributed by atoms with Gasteiger partial charge in [0, 0.05) is 42.3 Å². The number of carbonyl (C=O) groups excluding carboxylic acids is 1. The highest BCUT2D eigenvalue weighted by Crippen LogP contribution is 2.27. The fourth-order valence-electron chi connectivity index (χ4n) is 3.46. The van der Waals surface area contributed by atoms with Gasteiger partial charge in [0.1, 0.15) is 0 Å². The Morgan fingerprint density at radius 2 is 1.85 bits per heavy atom. The number of benzene rings is 1. The van der Waals surface area contributed by atoms with Gasteiger partial charge in [0.15, 0.2) is 5.82 Å². The maximum atomic E-state index is 12.3. The monoisotopic (exact) mass is 347 g/mol. The van der Waals surface area contributed by atoms with E-state index in [9.17, 15) is 4.79 Å². The lowest BCUT2D eigenvalue weighted by atomic mass is 10.0. The van der Waals surface area contributed by atoms with Crippen molar-refractivity contribution in [2.24, 2.45) is 0 Å². The molecular formula is C20H21N5O. The van der Waals surface area contributed by atoms with Gasteiger partial charge in [0.05, 0.1) is 11.3 Å². The van der Waals surface area contributed by atoms with E-state index >= 15 is 0 Å². The molecule has 26 heavy (non-hydrogen) atoms. The van der Waals surface area contributed by atoms with Crippen molar-refractivity contribution < 1.29 is 4.79 Å². The van der Waals surface area contributed by atoms with E-state index in [1.54, 1.807) is 24.5 Å². The summed E-state index contributed by atoms with van der Waals surface area (Å²) in [5.74, 6) is 0.875. The van der Waals surface area contributed by atoms with Crippen LogP contribution in [0.1, 0.15) is 28.9 Å². The number of carbonyl (C=O) groups is 1. The molecule has 1 amide bonds. The fourth-order valence-corrected chi connectivity index (χ4v) is 3.46. The summed E-state index contributed by atoms with van der Waals surface area (Å²) in [7, 11) is 0. The van der Waals surface area contributed by atoms with Crippen LogP contribution in [0.25, 0.3) is 10.8 Å². The minimum Gasteiger partial charge on any atom is -0.354 e. The fraction of sp³-hybridized carbons (Fsp3) is 0.300. The van der Waals surface area contributed by atoms with Crippen LogP contribution < -0.4 is 10.2 Å². The molecule has 1 aromatic carbocycles. The van der Waals surface area contributed by atoms with Crippen molar-refractivity contribution in [2.45, 2.75) is 25.8 Å². The van der Waals surface area contributed by atoms with E-state index in [4.69, 9.17) is 0 Å². The van der Waals surface area contributed by atoms with Crippen LogP contribution in [0.4, 0.5) is 5.82 Å². The minimum atomic E-state index is -0.0582. The van der Waals surface area contributed by atoms with Gasteiger partial charge in [-0.3, -0.25) is 9.78 Å². The Labute approximate surface area is 152 Å². The minimum absolute atomic E-state index is 0.0582. The zero-order valence-electron chi connectivity index (χ0n) is 14.7. The standard InChI is InChI=1S/C20H21N5O/c1-14-17-6-2-3-7-18(17)19(24-23-14)25-11-8-16(9-12-25)22-20(26)15-5-4-10-21-13-15/h2-7,10,13,16H,8-9,11-12H2,1H3,(H,22,26). The van der Waals surface area contributed by atoms with Crippen LogP contribution in [0, 0.1) is 6.92 Å². The van der Waals surface area contributed by atoms with Crippen LogP contribution in [0.5, 0.6) is 0 Å². The van der Waals surface area contributed by atoms with Gasteiger partial charge >= 0.3 is 0 Å². The average molecular weight is 347 g/mol. The number of pyridine rings is 1. The Hall–Kier alpha value is -3.02. The number of anilines is 1. The van der Waals surface area contributed by atoms with Crippen molar-refractivity contribution in [1.29, 1.82) is 0 Å². The number of nitrogens with zero attached hydrogens (tertiary/aromatic N) is 4. The summed E-state index contributed by atoms with van der Waals surface area (Å²) >= 11 is 0. The Bertz CT molecular complexity index is 920. The second-order valence-electron chi connectivity index (χ2n) is 6.63. The number of piperidine rings is 1. The molecule has 6 nitrogen and oxygen atoms in total. The Morgan fingerprint density at radius 3 is 2.58 bits per heavy atom. The number of fused-ring (bicyclic) bond motifs is 1. The van der Waals surface area contributed by atoms with Gasteiger partial charge < -0.3 is 10.2 Å². The maximum Gasteiger partial charge on any atom is 0.253 e. The van der Waals surface area contributed by atoms with Gasteiger partial charge in [-0.1, -0.05) is 24.3 Å². The van der Waals surface area contributed by atoms with Gasteiger partial charge in [-0.15, -0.1) is 5.10 Å². The van der Waals surface area contributed by atoms with E-state index in [2.05, 4.69) is 37.5 Å². The summed E-state index contributed by atoms with van der Waals surface area (Å²) in [5, 5.41) is 14.2. The summed E-state index contributed by atoms with van der Waals surface area (Å²) in [6, 6.07) is 12.0. The SMILES string of the molecule is Cc1nnc(N2CCC(NC(=O)c3cccnc3)CC2)c2ccccc12. The topological polar surface area (TPSA) is 71.0 Å². The second-order valence-corrected chi connectivity index (χ2v) is 6.63. The van der Waals surface area contributed by atoms with E-state index in [1.165, 1.54) is 0 Å². The van der Waals surface area contributed by atoms with E-state index < -0.39 is 0 Å². The number of amides is 1. The second kappa shape index (κ2) is 7.07. The van der Waals surface area contributed by atoms with Crippen molar-refractivity contribution in [3.63, 3.8) is 0 Å². The van der Waals surface area contributed by atoms with Crippen molar-refractivity contribution in [1.82, 2.24) is 20.5 Å². The molecule has 3 aromatic rings. The lowest BCUT2D eigenvalue weighted by molar-refractivity contribution is 0.0930. The molecule has 6 heteroatoms. The van der Waals surface area contributed by atoms with Gasteiger partial charge in [0.25, 0.3) is 5.91 Å². The molecule has 1 fully saturated rings. The molecule has 0 radical (unpaired) electrons. The zero-order chi connectivity index (χ0) is 17.9. The maximum absolute atomic E-state index is 12.3. The Kier molecular flexibility index (Phi) is 4.48. The lowest BCUT2D eigenvalue weighted by Crippen LogP contribution is -2.45. The molecule has 1 aliphatic heterocycles. The first-order chi connectivity index (χ1) is 12.7. The molecule has 4 rings (SSSR count). The molecule has 0 saturated carbocycles. The van der Waals surface area contributed by atoms with Crippen molar-refractivity contribution in [2.75, 3.05) is 18.0 Å². The largest absolute Gasteiger partial charge is 0.354 e. The molecule has 0 bridgehead atoms. The molecule has 1 saturated heterocycles. The highest BCUT2D eigenvalue weighted by molar-refractivity contribution is 5.94. The van der Waals surface area contributed by atoms with Crippen LogP contribution in [-0.4, -0.2) is 40.2 Å². The summed E-state index contributed by atoms with van der Waals surface area (Å²) < 4.78 is 0. The van der Waals surface area contributed by atoms with Crippen LogP contribution in [-0.2, 0) is 0 Å². The highest BCUT2D eigenvalue weighted by Gasteiger charge is 2.23. The highest BCUT2D eigenvalue weighted by atomic mass is 16.1. The third-order valence-corrected chi connectivity index (χ3v) is 4.91. The number of hydrogen-bond acceptors (Lipinski definition) is 5. The smallest absolute Gasteiger partial charge is 0.253 e. The van der Waals surface area contributed by atoms with E-state index in [0.717, 1.165) is 48.2 Å². The molecule has 0 aliphatic carbocycles. The molecule has 1 aliphatic rings. The van der Waals surface area contributed by atoms with Crippen molar-refractivity contribution >= 4 is 22.5 Å². The predicted octanol–water partition coefficient (Wildman–Crippen LogP) is 2.73.